The molecule has 4 nitrogen and oxygen atoms in total. The van der Waals surface area contributed by atoms with E-state index in [1.54, 1.807) is 6.20 Å². The molecular weight excluding hydrogens is 352 g/mol. The SMILES string of the molecule is Cc1ccc(Cn2cc(NC(=S)Nc3cccc(Cl)c3C)cn2)cc1. The fourth-order valence-electron chi connectivity index (χ4n) is 2.42. The van der Waals surface area contributed by atoms with E-state index in [0.717, 1.165) is 23.5 Å². The predicted octanol–water partition coefficient (Wildman–Crippen LogP) is 5.01. The molecule has 3 rings (SSSR count). The molecule has 25 heavy (non-hydrogen) atoms. The molecule has 0 amide bonds. The van der Waals surface area contributed by atoms with Gasteiger partial charge in [-0.25, -0.2) is 0 Å². The molecule has 0 saturated heterocycles. The third kappa shape index (κ3) is 4.59. The van der Waals surface area contributed by atoms with Crippen LogP contribution < -0.4 is 10.6 Å². The number of nitrogens with one attached hydrogen (secondary N) is 2. The molecule has 1 aromatic heterocycles. The summed E-state index contributed by atoms with van der Waals surface area (Å²) >= 11 is 11.5. The van der Waals surface area contributed by atoms with Crippen LogP contribution in [0.2, 0.25) is 5.02 Å². The third-order valence-corrected chi connectivity index (χ3v) is 4.49. The number of hydrogen-bond donors (Lipinski definition) is 2. The van der Waals surface area contributed by atoms with E-state index in [1.165, 1.54) is 11.1 Å². The Kier molecular flexibility index (Phi) is 5.36. The average Bonchev–Trinajstić information content (AvgIpc) is 3.01. The van der Waals surface area contributed by atoms with E-state index in [-0.39, 0.29) is 0 Å². The molecule has 1 heterocycles. The first-order valence-electron chi connectivity index (χ1n) is 7.92. The Hall–Kier alpha value is -2.37. The average molecular weight is 371 g/mol. The lowest BCUT2D eigenvalue weighted by Gasteiger charge is -2.12. The predicted molar refractivity (Wildman–Crippen MR) is 109 cm³/mol. The molecule has 6 heteroatoms. The number of halogens is 1. The first-order valence-corrected chi connectivity index (χ1v) is 8.71. The smallest absolute Gasteiger partial charge is 0.175 e. The van der Waals surface area contributed by atoms with Gasteiger partial charge in [-0.15, -0.1) is 0 Å². The van der Waals surface area contributed by atoms with Gasteiger partial charge in [0, 0.05) is 16.9 Å². The molecule has 3 aromatic rings. The quantitative estimate of drug-likeness (QED) is 0.633. The molecule has 0 fully saturated rings. The van der Waals surface area contributed by atoms with Crippen LogP contribution in [0.25, 0.3) is 0 Å². The summed E-state index contributed by atoms with van der Waals surface area (Å²) in [6.45, 7) is 4.75. The zero-order valence-electron chi connectivity index (χ0n) is 14.1. The summed E-state index contributed by atoms with van der Waals surface area (Å²) in [5, 5.41) is 11.9. The minimum Gasteiger partial charge on any atom is -0.332 e. The van der Waals surface area contributed by atoms with Gasteiger partial charge in [-0.05, 0) is 49.3 Å². The molecule has 2 N–H and O–H groups in total. The highest BCUT2D eigenvalue weighted by atomic mass is 35.5. The monoisotopic (exact) mass is 370 g/mol. The second-order valence-corrected chi connectivity index (χ2v) is 6.72. The minimum atomic E-state index is 0.500. The lowest BCUT2D eigenvalue weighted by molar-refractivity contribution is 0.687. The molecule has 128 valence electrons. The summed E-state index contributed by atoms with van der Waals surface area (Å²) < 4.78 is 1.88. The Bertz CT molecular complexity index is 887. The van der Waals surface area contributed by atoms with Gasteiger partial charge >= 0.3 is 0 Å². The number of aryl methyl sites for hydroxylation is 1. The van der Waals surface area contributed by atoms with Crippen molar-refractivity contribution in [1.82, 2.24) is 9.78 Å². The highest BCUT2D eigenvalue weighted by Gasteiger charge is 2.06. The zero-order valence-corrected chi connectivity index (χ0v) is 15.7. The lowest BCUT2D eigenvalue weighted by atomic mass is 10.1. The van der Waals surface area contributed by atoms with Gasteiger partial charge in [0.25, 0.3) is 0 Å². The van der Waals surface area contributed by atoms with Crippen molar-refractivity contribution in [2.75, 3.05) is 10.6 Å². The number of benzene rings is 2. The normalized spacial score (nSPS) is 10.5. The first-order chi connectivity index (χ1) is 12.0. The Labute approximate surface area is 157 Å². The van der Waals surface area contributed by atoms with Crippen molar-refractivity contribution in [1.29, 1.82) is 0 Å². The van der Waals surface area contributed by atoms with Crippen LogP contribution in [0.3, 0.4) is 0 Å². The molecular formula is C19H19ClN4S. The summed E-state index contributed by atoms with van der Waals surface area (Å²) in [7, 11) is 0. The van der Waals surface area contributed by atoms with Gasteiger partial charge in [0.2, 0.25) is 0 Å². The number of anilines is 2. The van der Waals surface area contributed by atoms with Crippen molar-refractivity contribution in [3.05, 3.63) is 76.6 Å². The van der Waals surface area contributed by atoms with Crippen molar-refractivity contribution in [3.8, 4) is 0 Å². The molecule has 0 unspecified atom stereocenters. The van der Waals surface area contributed by atoms with Crippen molar-refractivity contribution in [3.63, 3.8) is 0 Å². The molecule has 0 atom stereocenters. The van der Waals surface area contributed by atoms with Crippen LogP contribution in [0.1, 0.15) is 16.7 Å². The second kappa shape index (κ2) is 7.68. The Morgan fingerprint density at radius 2 is 1.88 bits per heavy atom. The van der Waals surface area contributed by atoms with Gasteiger partial charge in [0.05, 0.1) is 18.4 Å². The molecule has 0 saturated carbocycles. The van der Waals surface area contributed by atoms with E-state index < -0.39 is 0 Å². The van der Waals surface area contributed by atoms with E-state index in [4.69, 9.17) is 23.8 Å². The van der Waals surface area contributed by atoms with Crippen LogP contribution in [0.15, 0.2) is 54.9 Å². The largest absolute Gasteiger partial charge is 0.332 e. The fraction of sp³-hybridized carbons (Fsp3) is 0.158. The fourth-order valence-corrected chi connectivity index (χ4v) is 2.83. The maximum Gasteiger partial charge on any atom is 0.175 e. The second-order valence-electron chi connectivity index (χ2n) is 5.90. The molecule has 0 spiro atoms. The van der Waals surface area contributed by atoms with Gasteiger partial charge in [-0.2, -0.15) is 5.10 Å². The molecule has 0 aliphatic heterocycles. The van der Waals surface area contributed by atoms with E-state index in [0.29, 0.717) is 10.1 Å². The molecule has 0 aliphatic rings. The number of rotatable bonds is 4. The summed E-state index contributed by atoms with van der Waals surface area (Å²) in [4.78, 5) is 0. The van der Waals surface area contributed by atoms with E-state index in [9.17, 15) is 0 Å². The van der Waals surface area contributed by atoms with Crippen LogP contribution in [0.4, 0.5) is 11.4 Å². The third-order valence-electron chi connectivity index (χ3n) is 3.87. The topological polar surface area (TPSA) is 41.9 Å². The van der Waals surface area contributed by atoms with Crippen LogP contribution >= 0.6 is 23.8 Å². The zero-order chi connectivity index (χ0) is 17.8. The molecule has 0 radical (unpaired) electrons. The Morgan fingerprint density at radius 1 is 1.12 bits per heavy atom. The minimum absolute atomic E-state index is 0.500. The summed E-state index contributed by atoms with van der Waals surface area (Å²) in [6.07, 6.45) is 3.69. The number of thiocarbonyl (C=S) groups is 1. The molecule has 0 aliphatic carbocycles. The van der Waals surface area contributed by atoms with Gasteiger partial charge in [0.15, 0.2) is 5.11 Å². The van der Waals surface area contributed by atoms with E-state index in [2.05, 4.69) is 46.9 Å². The number of aromatic nitrogens is 2. The van der Waals surface area contributed by atoms with Crippen LogP contribution in [-0.4, -0.2) is 14.9 Å². The summed E-state index contributed by atoms with van der Waals surface area (Å²) in [6, 6.07) is 14.1. The molecule has 2 aromatic carbocycles. The van der Waals surface area contributed by atoms with Crippen molar-refractivity contribution in [2.45, 2.75) is 20.4 Å². The van der Waals surface area contributed by atoms with Gasteiger partial charge in [-0.3, -0.25) is 4.68 Å². The van der Waals surface area contributed by atoms with Crippen molar-refractivity contribution >= 4 is 40.3 Å². The van der Waals surface area contributed by atoms with Crippen molar-refractivity contribution in [2.24, 2.45) is 0 Å². The Morgan fingerprint density at radius 3 is 2.64 bits per heavy atom. The lowest BCUT2D eigenvalue weighted by Crippen LogP contribution is -2.19. The van der Waals surface area contributed by atoms with Crippen LogP contribution in [0.5, 0.6) is 0 Å². The maximum atomic E-state index is 6.13. The number of hydrogen-bond acceptors (Lipinski definition) is 2. The van der Waals surface area contributed by atoms with Crippen molar-refractivity contribution < 1.29 is 0 Å². The van der Waals surface area contributed by atoms with E-state index in [1.807, 2.05) is 36.0 Å². The van der Waals surface area contributed by atoms with Gasteiger partial charge in [0.1, 0.15) is 0 Å². The highest BCUT2D eigenvalue weighted by Crippen LogP contribution is 2.23. The summed E-state index contributed by atoms with van der Waals surface area (Å²) in [5.41, 5.74) is 5.14. The first kappa shape index (κ1) is 17.5. The Balaban J connectivity index is 1.61. The van der Waals surface area contributed by atoms with Gasteiger partial charge < -0.3 is 10.6 Å². The van der Waals surface area contributed by atoms with Gasteiger partial charge in [-0.1, -0.05) is 47.5 Å². The standard InChI is InChI=1S/C19H19ClN4S/c1-13-6-8-15(9-7-13)11-24-12-16(10-21-24)22-19(25)23-18-5-3-4-17(20)14(18)2/h3-10,12H,11H2,1-2H3,(H2,22,23,25). The van der Waals surface area contributed by atoms with Crippen LogP contribution in [0, 0.1) is 13.8 Å². The summed E-state index contributed by atoms with van der Waals surface area (Å²) in [5.74, 6) is 0. The maximum absolute atomic E-state index is 6.13. The van der Waals surface area contributed by atoms with E-state index >= 15 is 0 Å². The highest BCUT2D eigenvalue weighted by molar-refractivity contribution is 7.80. The number of nitrogens with zero attached hydrogens (tertiary/aromatic N) is 2. The molecule has 0 bridgehead atoms. The van der Waals surface area contributed by atoms with Crippen LogP contribution in [-0.2, 0) is 6.54 Å².